The van der Waals surface area contributed by atoms with Crippen LogP contribution >= 0.6 is 15.9 Å². The Labute approximate surface area is 122 Å². The average Bonchev–Trinajstić information content (AvgIpc) is 2.42. The fourth-order valence-electron chi connectivity index (χ4n) is 1.83. The van der Waals surface area contributed by atoms with E-state index >= 15 is 0 Å². The molecule has 1 aromatic heterocycles. The number of rotatable bonds is 5. The number of aromatic nitrogens is 1. The highest BCUT2D eigenvalue weighted by molar-refractivity contribution is 9.10. The van der Waals surface area contributed by atoms with E-state index in [1.54, 1.807) is 12.4 Å². The number of ether oxygens (including phenoxy) is 1. The second-order valence-electron chi connectivity index (χ2n) is 4.26. The third-order valence-electron chi connectivity index (χ3n) is 2.83. The molecule has 19 heavy (non-hydrogen) atoms. The van der Waals surface area contributed by atoms with E-state index in [0.717, 1.165) is 22.5 Å². The van der Waals surface area contributed by atoms with Crippen LogP contribution < -0.4 is 10.1 Å². The predicted molar refractivity (Wildman–Crippen MR) is 80.5 cm³/mol. The van der Waals surface area contributed by atoms with Crippen molar-refractivity contribution in [3.05, 3.63) is 52.8 Å². The molecule has 1 unspecified atom stereocenters. The first-order valence-corrected chi connectivity index (χ1v) is 7.10. The molecule has 0 spiro atoms. The van der Waals surface area contributed by atoms with Gasteiger partial charge < -0.3 is 10.1 Å². The fraction of sp³-hybridized carbons (Fsp3) is 0.267. The molecule has 100 valence electrons. The molecule has 0 amide bonds. The Bertz CT molecular complexity index is 531. The lowest BCUT2D eigenvalue weighted by molar-refractivity contribution is 0.476. The highest BCUT2D eigenvalue weighted by atomic mass is 79.9. The summed E-state index contributed by atoms with van der Waals surface area (Å²) in [6, 6.07) is 10.2. The summed E-state index contributed by atoms with van der Waals surface area (Å²) < 4.78 is 6.72. The Morgan fingerprint density at radius 1 is 1.37 bits per heavy atom. The van der Waals surface area contributed by atoms with Gasteiger partial charge in [0.1, 0.15) is 11.5 Å². The number of halogens is 1. The average molecular weight is 321 g/mol. The molecular weight excluding hydrogens is 304 g/mol. The Morgan fingerprint density at radius 3 is 2.84 bits per heavy atom. The van der Waals surface area contributed by atoms with E-state index in [-0.39, 0.29) is 0 Å². The van der Waals surface area contributed by atoms with Crippen molar-refractivity contribution >= 4 is 15.9 Å². The molecule has 1 aromatic carbocycles. The SMILES string of the molecule is CCNC(C)c1ccc(Oc2cccnc2)c(Br)c1. The van der Waals surface area contributed by atoms with Crippen molar-refractivity contribution in [2.75, 3.05) is 6.54 Å². The number of benzene rings is 1. The second kappa shape index (κ2) is 6.68. The van der Waals surface area contributed by atoms with Crippen LogP contribution in [0.1, 0.15) is 25.5 Å². The van der Waals surface area contributed by atoms with Crippen LogP contribution in [0.3, 0.4) is 0 Å². The smallest absolute Gasteiger partial charge is 0.145 e. The van der Waals surface area contributed by atoms with E-state index < -0.39 is 0 Å². The minimum Gasteiger partial charge on any atom is -0.455 e. The highest BCUT2D eigenvalue weighted by Gasteiger charge is 2.08. The number of nitrogens with one attached hydrogen (secondary N) is 1. The van der Waals surface area contributed by atoms with Crippen LogP contribution in [0.4, 0.5) is 0 Å². The van der Waals surface area contributed by atoms with Gasteiger partial charge in [0.15, 0.2) is 0 Å². The van der Waals surface area contributed by atoms with Gasteiger partial charge >= 0.3 is 0 Å². The Morgan fingerprint density at radius 2 is 2.21 bits per heavy atom. The molecule has 4 heteroatoms. The molecule has 1 heterocycles. The van der Waals surface area contributed by atoms with Gasteiger partial charge in [0.2, 0.25) is 0 Å². The molecule has 0 aliphatic carbocycles. The predicted octanol–water partition coefficient (Wildman–Crippen LogP) is 4.31. The van der Waals surface area contributed by atoms with Crippen molar-refractivity contribution in [1.82, 2.24) is 10.3 Å². The topological polar surface area (TPSA) is 34.1 Å². The molecule has 3 nitrogen and oxygen atoms in total. The Hall–Kier alpha value is -1.39. The molecule has 0 saturated heterocycles. The third kappa shape index (κ3) is 3.78. The molecule has 0 saturated carbocycles. The Kier molecular flexibility index (Phi) is 4.93. The van der Waals surface area contributed by atoms with E-state index in [1.807, 2.05) is 18.2 Å². The summed E-state index contributed by atoms with van der Waals surface area (Å²) in [7, 11) is 0. The Balaban J connectivity index is 2.15. The summed E-state index contributed by atoms with van der Waals surface area (Å²) in [5.41, 5.74) is 1.23. The summed E-state index contributed by atoms with van der Waals surface area (Å²) >= 11 is 3.55. The lowest BCUT2D eigenvalue weighted by atomic mass is 10.1. The van der Waals surface area contributed by atoms with E-state index in [0.29, 0.717) is 6.04 Å². The highest BCUT2D eigenvalue weighted by Crippen LogP contribution is 2.31. The van der Waals surface area contributed by atoms with Gasteiger partial charge in [-0.15, -0.1) is 0 Å². The van der Waals surface area contributed by atoms with Gasteiger partial charge in [-0.1, -0.05) is 13.0 Å². The van der Waals surface area contributed by atoms with Crippen molar-refractivity contribution < 1.29 is 4.74 Å². The van der Waals surface area contributed by atoms with Crippen LogP contribution in [-0.4, -0.2) is 11.5 Å². The van der Waals surface area contributed by atoms with Gasteiger partial charge in [-0.25, -0.2) is 0 Å². The third-order valence-corrected chi connectivity index (χ3v) is 3.45. The molecule has 1 atom stereocenters. The van der Waals surface area contributed by atoms with Gasteiger partial charge in [-0.05, 0) is 59.2 Å². The first-order chi connectivity index (χ1) is 9.20. The van der Waals surface area contributed by atoms with E-state index in [2.05, 4.69) is 52.2 Å². The first-order valence-electron chi connectivity index (χ1n) is 6.31. The van der Waals surface area contributed by atoms with Crippen LogP contribution in [0.5, 0.6) is 11.5 Å². The number of hydrogen-bond donors (Lipinski definition) is 1. The first kappa shape index (κ1) is 14.0. The van der Waals surface area contributed by atoms with Gasteiger partial charge in [-0.3, -0.25) is 4.98 Å². The van der Waals surface area contributed by atoms with E-state index in [1.165, 1.54) is 5.56 Å². The zero-order chi connectivity index (χ0) is 13.7. The summed E-state index contributed by atoms with van der Waals surface area (Å²) in [5.74, 6) is 1.52. The van der Waals surface area contributed by atoms with Gasteiger partial charge in [-0.2, -0.15) is 0 Å². The molecule has 0 radical (unpaired) electrons. The molecule has 2 aromatic rings. The summed E-state index contributed by atoms with van der Waals surface area (Å²) in [6.07, 6.45) is 3.42. The molecule has 0 aliphatic heterocycles. The molecule has 0 aliphatic rings. The van der Waals surface area contributed by atoms with Gasteiger partial charge in [0.05, 0.1) is 10.7 Å². The molecule has 0 bridgehead atoms. The van der Waals surface area contributed by atoms with Gasteiger partial charge in [0.25, 0.3) is 0 Å². The van der Waals surface area contributed by atoms with E-state index in [4.69, 9.17) is 4.74 Å². The lowest BCUT2D eigenvalue weighted by Gasteiger charge is -2.14. The summed E-state index contributed by atoms with van der Waals surface area (Å²) in [4.78, 5) is 4.03. The van der Waals surface area contributed by atoms with Crippen molar-refractivity contribution in [3.63, 3.8) is 0 Å². The molecule has 2 rings (SSSR count). The molecule has 1 N–H and O–H groups in total. The normalized spacial score (nSPS) is 12.2. The van der Waals surface area contributed by atoms with Crippen molar-refractivity contribution in [3.8, 4) is 11.5 Å². The molecular formula is C15H17BrN2O. The minimum absolute atomic E-state index is 0.328. The maximum Gasteiger partial charge on any atom is 0.145 e. The van der Waals surface area contributed by atoms with Crippen molar-refractivity contribution in [2.24, 2.45) is 0 Å². The maximum absolute atomic E-state index is 5.77. The zero-order valence-corrected chi connectivity index (χ0v) is 12.6. The number of pyridine rings is 1. The zero-order valence-electron chi connectivity index (χ0n) is 11.1. The van der Waals surface area contributed by atoms with Crippen LogP contribution in [-0.2, 0) is 0 Å². The maximum atomic E-state index is 5.77. The monoisotopic (exact) mass is 320 g/mol. The minimum atomic E-state index is 0.328. The summed E-state index contributed by atoms with van der Waals surface area (Å²) in [5, 5.41) is 3.39. The largest absolute Gasteiger partial charge is 0.455 e. The van der Waals surface area contributed by atoms with Gasteiger partial charge in [0, 0.05) is 12.2 Å². The van der Waals surface area contributed by atoms with Crippen LogP contribution in [0.15, 0.2) is 47.2 Å². The standard InChI is InChI=1S/C15H17BrN2O/c1-3-18-11(2)12-6-7-15(14(16)9-12)19-13-5-4-8-17-10-13/h4-11,18H,3H2,1-2H3. The fourth-order valence-corrected chi connectivity index (χ4v) is 2.31. The lowest BCUT2D eigenvalue weighted by Crippen LogP contribution is -2.17. The quantitative estimate of drug-likeness (QED) is 0.891. The van der Waals surface area contributed by atoms with Crippen LogP contribution in [0.25, 0.3) is 0 Å². The van der Waals surface area contributed by atoms with Crippen LogP contribution in [0, 0.1) is 0 Å². The van der Waals surface area contributed by atoms with Crippen molar-refractivity contribution in [2.45, 2.75) is 19.9 Å². The summed E-state index contributed by atoms with van der Waals surface area (Å²) in [6.45, 7) is 5.20. The molecule has 0 fully saturated rings. The number of nitrogens with zero attached hydrogens (tertiary/aromatic N) is 1. The van der Waals surface area contributed by atoms with Crippen molar-refractivity contribution in [1.29, 1.82) is 0 Å². The van der Waals surface area contributed by atoms with Crippen LogP contribution in [0.2, 0.25) is 0 Å². The second-order valence-corrected chi connectivity index (χ2v) is 5.11. The van der Waals surface area contributed by atoms with E-state index in [9.17, 15) is 0 Å². The number of hydrogen-bond acceptors (Lipinski definition) is 3.